The highest BCUT2D eigenvalue weighted by molar-refractivity contribution is 5.71. The lowest BCUT2D eigenvalue weighted by molar-refractivity contribution is 0.00799. The maximum atomic E-state index is 12.0. The molecule has 0 saturated heterocycles. The van der Waals surface area contributed by atoms with Crippen molar-refractivity contribution in [2.75, 3.05) is 11.7 Å². The number of rotatable bonds is 2. The second kappa shape index (κ2) is 6.41. The fourth-order valence-electron chi connectivity index (χ4n) is 5.52. The maximum absolute atomic E-state index is 12.0. The number of para-hydroxylation sites is 1. The summed E-state index contributed by atoms with van der Waals surface area (Å²) in [5.41, 5.74) is 3.19. The molecule has 0 radical (unpaired) electrons. The van der Waals surface area contributed by atoms with Gasteiger partial charge in [0.2, 0.25) is 6.79 Å². The SMILES string of the molecule is CC1(C)CC2(c3cc4c(cc3O1)OCO4)c1ccccc1N(Cc1ccccc1)C2O. The molecular formula is C26H25NO4. The summed E-state index contributed by atoms with van der Waals surface area (Å²) < 4.78 is 17.7. The number of benzene rings is 3. The molecule has 6 rings (SSSR count). The van der Waals surface area contributed by atoms with Crippen LogP contribution in [0.4, 0.5) is 5.69 Å². The van der Waals surface area contributed by atoms with E-state index in [1.54, 1.807) is 0 Å². The zero-order valence-corrected chi connectivity index (χ0v) is 17.7. The van der Waals surface area contributed by atoms with E-state index in [9.17, 15) is 5.11 Å². The molecule has 3 aromatic carbocycles. The van der Waals surface area contributed by atoms with Crippen molar-refractivity contribution in [2.24, 2.45) is 0 Å². The summed E-state index contributed by atoms with van der Waals surface area (Å²) in [4.78, 5) is 2.11. The van der Waals surface area contributed by atoms with Crippen LogP contribution in [0.2, 0.25) is 0 Å². The van der Waals surface area contributed by atoms with E-state index in [0.29, 0.717) is 24.5 Å². The van der Waals surface area contributed by atoms with Gasteiger partial charge in [0.05, 0.1) is 5.41 Å². The molecule has 3 heterocycles. The Balaban J connectivity index is 1.56. The van der Waals surface area contributed by atoms with Crippen LogP contribution in [0.15, 0.2) is 66.7 Å². The Labute approximate surface area is 181 Å². The molecule has 5 nitrogen and oxygen atoms in total. The lowest BCUT2D eigenvalue weighted by atomic mass is 9.66. The Morgan fingerprint density at radius 1 is 0.903 bits per heavy atom. The van der Waals surface area contributed by atoms with Gasteiger partial charge in [0.1, 0.15) is 17.6 Å². The zero-order chi connectivity index (χ0) is 21.2. The number of nitrogens with zero attached hydrogens (tertiary/aromatic N) is 1. The van der Waals surface area contributed by atoms with Crippen molar-refractivity contribution < 1.29 is 19.3 Å². The number of fused-ring (bicyclic) bond motifs is 5. The third-order valence-electron chi connectivity index (χ3n) is 6.67. The third kappa shape index (κ3) is 2.66. The van der Waals surface area contributed by atoms with Crippen LogP contribution < -0.4 is 19.1 Å². The lowest BCUT2D eigenvalue weighted by Gasteiger charge is -2.46. The average Bonchev–Trinajstić information content (AvgIpc) is 3.30. The van der Waals surface area contributed by atoms with E-state index in [-0.39, 0.29) is 6.79 Å². The molecule has 3 aromatic rings. The van der Waals surface area contributed by atoms with Crippen molar-refractivity contribution in [1.82, 2.24) is 0 Å². The topological polar surface area (TPSA) is 51.2 Å². The Morgan fingerprint density at radius 3 is 2.42 bits per heavy atom. The lowest BCUT2D eigenvalue weighted by Crippen LogP contribution is -2.53. The molecule has 3 aliphatic heterocycles. The van der Waals surface area contributed by atoms with Gasteiger partial charge >= 0.3 is 0 Å². The summed E-state index contributed by atoms with van der Waals surface area (Å²) in [5, 5.41) is 12.0. The minimum Gasteiger partial charge on any atom is -0.487 e. The van der Waals surface area contributed by atoms with Gasteiger partial charge in [-0.15, -0.1) is 0 Å². The van der Waals surface area contributed by atoms with E-state index in [1.165, 1.54) is 0 Å². The fourth-order valence-corrected chi connectivity index (χ4v) is 5.52. The Kier molecular flexibility index (Phi) is 3.84. The first-order valence-corrected chi connectivity index (χ1v) is 10.7. The molecule has 0 amide bonds. The molecule has 5 heteroatoms. The smallest absolute Gasteiger partial charge is 0.231 e. The molecule has 2 unspecified atom stereocenters. The molecule has 0 aromatic heterocycles. The van der Waals surface area contributed by atoms with Crippen LogP contribution in [0.5, 0.6) is 17.2 Å². The van der Waals surface area contributed by atoms with E-state index in [2.05, 4.69) is 49.1 Å². The van der Waals surface area contributed by atoms with E-state index in [1.807, 2.05) is 36.4 Å². The van der Waals surface area contributed by atoms with Crippen molar-refractivity contribution in [3.05, 3.63) is 83.4 Å². The first-order valence-electron chi connectivity index (χ1n) is 10.7. The highest BCUT2D eigenvalue weighted by atomic mass is 16.7. The Bertz CT molecular complexity index is 1160. The minimum atomic E-state index is -0.743. The summed E-state index contributed by atoms with van der Waals surface area (Å²) in [6.45, 7) is 4.99. The predicted octanol–water partition coefficient (Wildman–Crippen LogP) is 4.60. The molecule has 0 aliphatic carbocycles. The van der Waals surface area contributed by atoms with Crippen molar-refractivity contribution in [3.63, 3.8) is 0 Å². The molecular weight excluding hydrogens is 390 g/mol. The molecule has 2 atom stereocenters. The van der Waals surface area contributed by atoms with Gasteiger partial charge in [0.15, 0.2) is 11.5 Å². The van der Waals surface area contributed by atoms with Crippen molar-refractivity contribution in [2.45, 2.75) is 44.1 Å². The van der Waals surface area contributed by atoms with Crippen LogP contribution >= 0.6 is 0 Å². The van der Waals surface area contributed by atoms with Crippen molar-refractivity contribution in [1.29, 1.82) is 0 Å². The Hall–Kier alpha value is -3.18. The number of anilines is 1. The van der Waals surface area contributed by atoms with Gasteiger partial charge in [-0.05, 0) is 37.1 Å². The summed E-state index contributed by atoms with van der Waals surface area (Å²) in [5.74, 6) is 2.14. The quantitative estimate of drug-likeness (QED) is 0.663. The van der Waals surface area contributed by atoms with Gasteiger partial charge in [-0.25, -0.2) is 0 Å². The van der Waals surface area contributed by atoms with Crippen LogP contribution in [-0.4, -0.2) is 23.7 Å². The molecule has 0 saturated carbocycles. The molecule has 1 spiro atoms. The number of hydrogen-bond acceptors (Lipinski definition) is 5. The second-order valence-electron chi connectivity index (χ2n) is 9.22. The Morgan fingerprint density at radius 2 is 1.61 bits per heavy atom. The number of aliphatic hydroxyl groups excluding tert-OH is 1. The highest BCUT2D eigenvalue weighted by Crippen LogP contribution is 2.59. The maximum Gasteiger partial charge on any atom is 0.231 e. The molecule has 158 valence electrons. The average molecular weight is 415 g/mol. The van der Waals surface area contributed by atoms with Gasteiger partial charge in [-0.3, -0.25) is 0 Å². The molecule has 31 heavy (non-hydrogen) atoms. The van der Waals surface area contributed by atoms with E-state index in [4.69, 9.17) is 14.2 Å². The number of aliphatic hydroxyl groups is 1. The van der Waals surface area contributed by atoms with Crippen LogP contribution in [0.3, 0.4) is 0 Å². The van der Waals surface area contributed by atoms with E-state index >= 15 is 0 Å². The third-order valence-corrected chi connectivity index (χ3v) is 6.67. The summed E-state index contributed by atoms with van der Waals surface area (Å²) in [6.07, 6.45) is -0.0942. The van der Waals surface area contributed by atoms with Crippen LogP contribution in [0, 0.1) is 0 Å². The van der Waals surface area contributed by atoms with Gasteiger partial charge in [-0.1, -0.05) is 48.5 Å². The predicted molar refractivity (Wildman–Crippen MR) is 118 cm³/mol. The first kappa shape index (κ1) is 18.6. The summed E-state index contributed by atoms with van der Waals surface area (Å²) in [6, 6.07) is 22.5. The molecule has 3 aliphatic rings. The highest BCUT2D eigenvalue weighted by Gasteiger charge is 2.58. The minimum absolute atomic E-state index is 0.202. The van der Waals surface area contributed by atoms with Crippen molar-refractivity contribution >= 4 is 5.69 Å². The number of ether oxygens (including phenoxy) is 3. The van der Waals surface area contributed by atoms with Crippen LogP contribution in [0.25, 0.3) is 0 Å². The van der Waals surface area contributed by atoms with Crippen LogP contribution in [0.1, 0.15) is 37.0 Å². The molecule has 1 N–H and O–H groups in total. The van der Waals surface area contributed by atoms with Gasteiger partial charge in [-0.2, -0.15) is 0 Å². The monoisotopic (exact) mass is 415 g/mol. The normalized spacial score (nSPS) is 24.6. The first-order chi connectivity index (χ1) is 15.0. The van der Waals surface area contributed by atoms with E-state index in [0.717, 1.165) is 28.1 Å². The van der Waals surface area contributed by atoms with Gasteiger partial charge in [0, 0.05) is 30.3 Å². The van der Waals surface area contributed by atoms with E-state index < -0.39 is 17.2 Å². The largest absolute Gasteiger partial charge is 0.487 e. The zero-order valence-electron chi connectivity index (χ0n) is 17.7. The molecule has 0 bridgehead atoms. The molecule has 0 fully saturated rings. The van der Waals surface area contributed by atoms with Crippen molar-refractivity contribution in [3.8, 4) is 17.2 Å². The number of hydrogen-bond donors (Lipinski definition) is 1. The summed E-state index contributed by atoms with van der Waals surface area (Å²) in [7, 11) is 0. The van der Waals surface area contributed by atoms with Crippen LogP contribution in [-0.2, 0) is 12.0 Å². The van der Waals surface area contributed by atoms with Gasteiger partial charge in [0.25, 0.3) is 0 Å². The fraction of sp³-hybridized carbons (Fsp3) is 0.308. The van der Waals surface area contributed by atoms with Gasteiger partial charge < -0.3 is 24.2 Å². The summed E-state index contributed by atoms with van der Waals surface area (Å²) >= 11 is 0. The second-order valence-corrected chi connectivity index (χ2v) is 9.22. The standard InChI is InChI=1S/C26H25NO4/c1-25(2)15-26(19-12-22-23(30-16-29-22)13-21(19)31-25)18-10-6-7-11-20(18)27(24(26)28)14-17-8-4-3-5-9-17/h3-13,24,28H,14-16H2,1-2H3.